The SMILES string of the molecule is CCOC(=O)c1ccc(Nc2ccnc3cc(Cl)ccc23)cc1.Cl. The van der Waals surface area contributed by atoms with Gasteiger partial charge in [0, 0.05) is 28.0 Å². The van der Waals surface area contributed by atoms with Crippen LogP contribution >= 0.6 is 24.0 Å². The van der Waals surface area contributed by atoms with E-state index in [4.69, 9.17) is 16.3 Å². The number of anilines is 2. The van der Waals surface area contributed by atoms with Gasteiger partial charge in [0.15, 0.2) is 0 Å². The molecule has 4 nitrogen and oxygen atoms in total. The fourth-order valence-corrected chi connectivity index (χ4v) is 2.46. The zero-order chi connectivity index (χ0) is 16.2. The molecule has 0 bridgehead atoms. The minimum absolute atomic E-state index is 0. The van der Waals surface area contributed by atoms with Gasteiger partial charge in [-0.25, -0.2) is 4.79 Å². The zero-order valence-corrected chi connectivity index (χ0v) is 14.5. The molecule has 0 amide bonds. The Morgan fingerprint density at radius 1 is 1.17 bits per heavy atom. The van der Waals surface area contributed by atoms with Crippen molar-refractivity contribution in [3.05, 3.63) is 65.3 Å². The average molecular weight is 363 g/mol. The molecule has 0 atom stereocenters. The van der Waals surface area contributed by atoms with Crippen LogP contribution in [0.25, 0.3) is 10.9 Å². The number of fused-ring (bicyclic) bond motifs is 1. The van der Waals surface area contributed by atoms with Gasteiger partial charge in [0.05, 0.1) is 17.7 Å². The summed E-state index contributed by atoms with van der Waals surface area (Å²) in [5, 5.41) is 4.96. The average Bonchev–Trinajstić information content (AvgIpc) is 2.55. The van der Waals surface area contributed by atoms with Crippen LogP contribution in [0.15, 0.2) is 54.7 Å². The zero-order valence-electron chi connectivity index (χ0n) is 13.0. The van der Waals surface area contributed by atoms with Crippen LogP contribution < -0.4 is 5.32 Å². The summed E-state index contributed by atoms with van der Waals surface area (Å²) >= 11 is 6.00. The summed E-state index contributed by atoms with van der Waals surface area (Å²) in [5.41, 5.74) is 3.16. The second kappa shape index (κ2) is 7.99. The normalized spacial score (nSPS) is 10.1. The molecule has 0 saturated heterocycles. The maximum absolute atomic E-state index is 11.7. The minimum atomic E-state index is -0.317. The number of carbonyl (C=O) groups is 1. The molecule has 0 spiro atoms. The standard InChI is InChI=1S/C18H15ClN2O2.ClH/c1-2-23-18(22)12-3-6-14(7-4-12)21-16-9-10-20-17-11-13(19)5-8-15(16)17;/h3-11H,2H2,1H3,(H,20,21);1H. The van der Waals surface area contributed by atoms with Crippen molar-refractivity contribution in [2.24, 2.45) is 0 Å². The predicted molar refractivity (Wildman–Crippen MR) is 99.7 cm³/mol. The highest BCUT2D eigenvalue weighted by atomic mass is 35.5. The number of halogens is 2. The van der Waals surface area contributed by atoms with Crippen molar-refractivity contribution < 1.29 is 9.53 Å². The van der Waals surface area contributed by atoms with Crippen molar-refractivity contribution in [3.63, 3.8) is 0 Å². The number of hydrogen-bond donors (Lipinski definition) is 1. The molecule has 24 heavy (non-hydrogen) atoms. The van der Waals surface area contributed by atoms with Crippen molar-refractivity contribution in [1.82, 2.24) is 4.98 Å². The lowest BCUT2D eigenvalue weighted by molar-refractivity contribution is 0.0526. The van der Waals surface area contributed by atoms with Gasteiger partial charge < -0.3 is 10.1 Å². The number of pyridine rings is 1. The minimum Gasteiger partial charge on any atom is -0.462 e. The number of hydrogen-bond acceptors (Lipinski definition) is 4. The fourth-order valence-electron chi connectivity index (χ4n) is 2.29. The van der Waals surface area contributed by atoms with Crippen LogP contribution in [0.4, 0.5) is 11.4 Å². The molecule has 1 N–H and O–H groups in total. The van der Waals surface area contributed by atoms with E-state index in [1.54, 1.807) is 25.3 Å². The van der Waals surface area contributed by atoms with Crippen molar-refractivity contribution in [3.8, 4) is 0 Å². The summed E-state index contributed by atoms with van der Waals surface area (Å²) < 4.78 is 4.97. The summed E-state index contributed by atoms with van der Waals surface area (Å²) in [7, 11) is 0. The molecule has 3 aromatic rings. The van der Waals surface area contributed by atoms with Crippen LogP contribution in [0.2, 0.25) is 5.02 Å². The molecule has 0 aliphatic carbocycles. The number of carbonyl (C=O) groups excluding carboxylic acids is 1. The lowest BCUT2D eigenvalue weighted by atomic mass is 10.1. The van der Waals surface area contributed by atoms with E-state index in [-0.39, 0.29) is 18.4 Å². The molecule has 1 heterocycles. The van der Waals surface area contributed by atoms with Gasteiger partial charge in [-0.05, 0) is 55.5 Å². The predicted octanol–water partition coefficient (Wildman–Crippen LogP) is 5.23. The van der Waals surface area contributed by atoms with E-state index in [0.717, 1.165) is 22.3 Å². The number of nitrogens with one attached hydrogen (secondary N) is 1. The third-order valence-corrected chi connectivity index (χ3v) is 3.61. The molecule has 0 aliphatic heterocycles. The number of rotatable bonds is 4. The van der Waals surface area contributed by atoms with Gasteiger partial charge >= 0.3 is 5.97 Å². The van der Waals surface area contributed by atoms with Crippen LogP contribution in [0.1, 0.15) is 17.3 Å². The topological polar surface area (TPSA) is 51.2 Å². The van der Waals surface area contributed by atoms with E-state index in [1.165, 1.54) is 0 Å². The third-order valence-electron chi connectivity index (χ3n) is 3.38. The van der Waals surface area contributed by atoms with Gasteiger partial charge in [0.25, 0.3) is 0 Å². The fraction of sp³-hybridized carbons (Fsp3) is 0.111. The Labute approximate surface area is 151 Å². The molecule has 6 heteroatoms. The number of nitrogens with zero attached hydrogens (tertiary/aromatic N) is 1. The lowest BCUT2D eigenvalue weighted by Crippen LogP contribution is -2.04. The maximum Gasteiger partial charge on any atom is 0.338 e. The summed E-state index contributed by atoms with van der Waals surface area (Å²) in [6.45, 7) is 2.15. The summed E-state index contributed by atoms with van der Waals surface area (Å²) in [4.78, 5) is 16.0. The largest absolute Gasteiger partial charge is 0.462 e. The molecule has 0 unspecified atom stereocenters. The number of ether oxygens (including phenoxy) is 1. The first-order chi connectivity index (χ1) is 11.2. The van der Waals surface area contributed by atoms with Crippen molar-refractivity contribution in [2.75, 3.05) is 11.9 Å². The summed E-state index contributed by atoms with van der Waals surface area (Å²) in [5.74, 6) is -0.317. The Kier molecular flexibility index (Phi) is 6.01. The second-order valence-electron chi connectivity index (χ2n) is 4.94. The molecule has 0 fully saturated rings. The third kappa shape index (κ3) is 3.96. The highest BCUT2D eigenvalue weighted by Gasteiger charge is 2.07. The Bertz CT molecular complexity index is 851. The van der Waals surface area contributed by atoms with E-state index in [1.807, 2.05) is 36.4 Å². The molecule has 0 radical (unpaired) electrons. The van der Waals surface area contributed by atoms with Gasteiger partial charge in [0.2, 0.25) is 0 Å². The molecular weight excluding hydrogens is 347 g/mol. The molecule has 0 saturated carbocycles. The highest BCUT2D eigenvalue weighted by Crippen LogP contribution is 2.27. The lowest BCUT2D eigenvalue weighted by Gasteiger charge is -2.10. The van der Waals surface area contributed by atoms with E-state index in [2.05, 4.69) is 10.3 Å². The first kappa shape index (κ1) is 18.0. The molecule has 3 rings (SSSR count). The maximum atomic E-state index is 11.7. The number of benzene rings is 2. The van der Waals surface area contributed by atoms with Crippen LogP contribution in [0.5, 0.6) is 0 Å². The monoisotopic (exact) mass is 362 g/mol. The smallest absolute Gasteiger partial charge is 0.338 e. The van der Waals surface area contributed by atoms with Gasteiger partial charge in [-0.1, -0.05) is 11.6 Å². The van der Waals surface area contributed by atoms with Crippen LogP contribution in [-0.4, -0.2) is 17.6 Å². The van der Waals surface area contributed by atoms with E-state index >= 15 is 0 Å². The molecule has 0 aliphatic rings. The van der Waals surface area contributed by atoms with Gasteiger partial charge in [-0.15, -0.1) is 12.4 Å². The van der Waals surface area contributed by atoms with Gasteiger partial charge in [-0.2, -0.15) is 0 Å². The molecular formula is C18H16Cl2N2O2. The Hall–Kier alpha value is -2.30. The van der Waals surface area contributed by atoms with Crippen LogP contribution in [0, 0.1) is 0 Å². The highest BCUT2D eigenvalue weighted by molar-refractivity contribution is 6.31. The molecule has 2 aromatic carbocycles. The quantitative estimate of drug-likeness (QED) is 0.645. The Morgan fingerprint density at radius 3 is 2.62 bits per heavy atom. The van der Waals surface area contributed by atoms with Crippen LogP contribution in [-0.2, 0) is 4.74 Å². The van der Waals surface area contributed by atoms with Crippen molar-refractivity contribution in [2.45, 2.75) is 6.92 Å². The van der Waals surface area contributed by atoms with E-state index < -0.39 is 0 Å². The first-order valence-corrected chi connectivity index (χ1v) is 7.63. The van der Waals surface area contributed by atoms with Crippen molar-refractivity contribution in [1.29, 1.82) is 0 Å². The van der Waals surface area contributed by atoms with Gasteiger partial charge in [0.1, 0.15) is 0 Å². The first-order valence-electron chi connectivity index (χ1n) is 7.26. The number of aromatic nitrogens is 1. The van der Waals surface area contributed by atoms with E-state index in [0.29, 0.717) is 17.2 Å². The van der Waals surface area contributed by atoms with E-state index in [9.17, 15) is 4.79 Å². The Morgan fingerprint density at radius 2 is 1.92 bits per heavy atom. The van der Waals surface area contributed by atoms with Crippen molar-refractivity contribution >= 4 is 52.3 Å². The second-order valence-corrected chi connectivity index (χ2v) is 5.38. The molecule has 1 aromatic heterocycles. The van der Waals surface area contributed by atoms with Gasteiger partial charge in [-0.3, -0.25) is 4.98 Å². The molecule has 124 valence electrons. The Balaban J connectivity index is 0.00000208. The summed E-state index contributed by atoms with van der Waals surface area (Å²) in [6.07, 6.45) is 1.73. The van der Waals surface area contributed by atoms with Crippen LogP contribution in [0.3, 0.4) is 0 Å². The number of esters is 1. The summed E-state index contributed by atoms with van der Waals surface area (Å²) in [6, 6.07) is 14.6.